The first-order valence-electron chi connectivity index (χ1n) is 7.10. The van der Waals surface area contributed by atoms with Gasteiger partial charge in [-0.3, -0.25) is 0 Å². The van der Waals surface area contributed by atoms with Gasteiger partial charge in [-0.05, 0) is 31.0 Å². The Hall–Kier alpha value is -1.59. The third-order valence-electron chi connectivity index (χ3n) is 3.01. The lowest BCUT2D eigenvalue weighted by Gasteiger charge is -2.13. The van der Waals surface area contributed by atoms with Crippen LogP contribution in [0, 0.1) is 5.92 Å². The van der Waals surface area contributed by atoms with E-state index in [9.17, 15) is 0 Å². The van der Waals surface area contributed by atoms with Crippen molar-refractivity contribution in [3.63, 3.8) is 0 Å². The molecule has 6 heteroatoms. The van der Waals surface area contributed by atoms with E-state index in [4.69, 9.17) is 16.0 Å². The van der Waals surface area contributed by atoms with Crippen LogP contribution in [0.3, 0.4) is 0 Å². The van der Waals surface area contributed by atoms with Crippen molar-refractivity contribution in [1.29, 1.82) is 0 Å². The molecule has 21 heavy (non-hydrogen) atoms. The average Bonchev–Trinajstić information content (AvgIpc) is 2.86. The fraction of sp³-hybridized carbons (Fsp3) is 0.467. The fourth-order valence-corrected chi connectivity index (χ4v) is 2.24. The molecule has 0 amide bonds. The maximum atomic E-state index is 6.17. The van der Waals surface area contributed by atoms with Crippen LogP contribution in [0.1, 0.15) is 38.3 Å². The van der Waals surface area contributed by atoms with Crippen LogP contribution in [0.5, 0.6) is 0 Å². The lowest BCUT2D eigenvalue weighted by molar-refractivity contribution is 0.456. The van der Waals surface area contributed by atoms with E-state index in [0.717, 1.165) is 17.1 Å². The lowest BCUT2D eigenvalue weighted by Crippen LogP contribution is -2.19. The molecule has 0 aliphatic rings. The molecule has 1 heterocycles. The second kappa shape index (κ2) is 7.43. The Morgan fingerprint density at radius 2 is 1.95 bits per heavy atom. The monoisotopic (exact) mass is 308 g/mol. The molecule has 1 atom stereocenters. The number of nitrogens with one attached hydrogen (secondary N) is 2. The quantitative estimate of drug-likeness (QED) is 0.817. The molecule has 114 valence electrons. The van der Waals surface area contributed by atoms with Gasteiger partial charge in [-0.2, -0.15) is 0 Å². The van der Waals surface area contributed by atoms with E-state index in [1.54, 1.807) is 0 Å². The summed E-state index contributed by atoms with van der Waals surface area (Å²) < 4.78 is 5.56. The van der Waals surface area contributed by atoms with Crippen LogP contribution in [-0.4, -0.2) is 16.7 Å². The van der Waals surface area contributed by atoms with E-state index in [1.165, 1.54) is 0 Å². The minimum absolute atomic E-state index is 0.00405. The van der Waals surface area contributed by atoms with Crippen molar-refractivity contribution in [2.24, 2.45) is 5.92 Å². The van der Waals surface area contributed by atoms with E-state index in [-0.39, 0.29) is 6.04 Å². The van der Waals surface area contributed by atoms with Crippen LogP contribution in [0.15, 0.2) is 28.7 Å². The van der Waals surface area contributed by atoms with Crippen LogP contribution in [0.2, 0.25) is 5.02 Å². The summed E-state index contributed by atoms with van der Waals surface area (Å²) in [6.45, 7) is 7.80. The zero-order chi connectivity index (χ0) is 15.2. The number of hydrogen-bond donors (Lipinski definition) is 2. The molecule has 1 aromatic heterocycles. The zero-order valence-electron chi connectivity index (χ0n) is 12.6. The molecule has 2 N–H and O–H groups in total. The molecule has 2 rings (SSSR count). The van der Waals surface area contributed by atoms with Gasteiger partial charge in [0.25, 0.3) is 0 Å². The first-order chi connectivity index (χ1) is 10.1. The van der Waals surface area contributed by atoms with Gasteiger partial charge >= 0.3 is 6.01 Å². The second-order valence-electron chi connectivity index (χ2n) is 5.41. The van der Waals surface area contributed by atoms with Crippen molar-refractivity contribution in [2.45, 2.75) is 33.4 Å². The van der Waals surface area contributed by atoms with E-state index in [2.05, 4.69) is 34.7 Å². The summed E-state index contributed by atoms with van der Waals surface area (Å²) in [4.78, 5) is 0. The van der Waals surface area contributed by atoms with Gasteiger partial charge < -0.3 is 15.1 Å². The molecule has 0 bridgehead atoms. The maximum absolute atomic E-state index is 6.17. The van der Waals surface area contributed by atoms with Gasteiger partial charge in [-0.25, -0.2) is 0 Å². The Morgan fingerprint density at radius 3 is 2.67 bits per heavy atom. The molecule has 2 aromatic rings. The van der Waals surface area contributed by atoms with Gasteiger partial charge in [0.05, 0.1) is 12.6 Å². The van der Waals surface area contributed by atoms with Gasteiger partial charge in [0, 0.05) is 5.02 Å². The van der Waals surface area contributed by atoms with E-state index < -0.39 is 0 Å². The Balaban J connectivity index is 1.91. The highest BCUT2D eigenvalue weighted by atomic mass is 35.5. The molecule has 0 aliphatic carbocycles. The maximum Gasteiger partial charge on any atom is 0.315 e. The molecule has 0 radical (unpaired) electrons. The first-order valence-corrected chi connectivity index (χ1v) is 7.48. The van der Waals surface area contributed by atoms with Crippen LogP contribution in [0.4, 0.5) is 6.01 Å². The molecule has 5 nitrogen and oxygen atoms in total. The zero-order valence-corrected chi connectivity index (χ0v) is 13.3. The summed E-state index contributed by atoms with van der Waals surface area (Å²) >= 11 is 6.17. The van der Waals surface area contributed by atoms with Crippen molar-refractivity contribution in [1.82, 2.24) is 15.5 Å². The number of nitrogens with zero attached hydrogens (tertiary/aromatic N) is 2. The third-order valence-corrected chi connectivity index (χ3v) is 3.35. The van der Waals surface area contributed by atoms with Crippen molar-refractivity contribution < 1.29 is 4.42 Å². The SMILES string of the molecule is CC(C)CNCc1nnc(NC(C)c2ccccc2Cl)o1. The molecule has 0 saturated heterocycles. The topological polar surface area (TPSA) is 63.0 Å². The van der Waals surface area contributed by atoms with Gasteiger partial charge in [0.15, 0.2) is 0 Å². The second-order valence-corrected chi connectivity index (χ2v) is 5.82. The van der Waals surface area contributed by atoms with E-state index in [1.807, 2.05) is 31.2 Å². The number of benzene rings is 1. The Morgan fingerprint density at radius 1 is 1.19 bits per heavy atom. The number of halogens is 1. The van der Waals surface area contributed by atoms with Gasteiger partial charge in [-0.15, -0.1) is 5.10 Å². The summed E-state index contributed by atoms with van der Waals surface area (Å²) in [6, 6.07) is 8.10. The highest BCUT2D eigenvalue weighted by Crippen LogP contribution is 2.25. The van der Waals surface area contributed by atoms with Gasteiger partial charge in [0.1, 0.15) is 0 Å². The van der Waals surface area contributed by atoms with Gasteiger partial charge in [0.2, 0.25) is 5.89 Å². The van der Waals surface area contributed by atoms with Gasteiger partial charge in [-0.1, -0.05) is 48.7 Å². The van der Waals surface area contributed by atoms with Crippen molar-refractivity contribution >= 4 is 17.6 Å². The summed E-state index contributed by atoms with van der Waals surface area (Å²) in [5, 5.41) is 15.2. The molecule has 0 saturated carbocycles. The minimum atomic E-state index is -0.00405. The molecular formula is C15H21ClN4O. The van der Waals surface area contributed by atoms with Crippen LogP contribution in [0.25, 0.3) is 0 Å². The average molecular weight is 309 g/mol. The minimum Gasteiger partial charge on any atom is -0.407 e. The van der Waals surface area contributed by atoms with E-state index >= 15 is 0 Å². The highest BCUT2D eigenvalue weighted by molar-refractivity contribution is 6.31. The summed E-state index contributed by atoms with van der Waals surface area (Å²) in [5.41, 5.74) is 0.997. The van der Waals surface area contributed by atoms with E-state index in [0.29, 0.717) is 24.4 Å². The molecular weight excluding hydrogens is 288 g/mol. The lowest BCUT2D eigenvalue weighted by atomic mass is 10.1. The standard InChI is InChI=1S/C15H21ClN4O/c1-10(2)8-17-9-14-19-20-15(21-14)18-11(3)12-6-4-5-7-13(12)16/h4-7,10-11,17H,8-9H2,1-3H3,(H,18,20). The largest absolute Gasteiger partial charge is 0.407 e. The Bertz CT molecular complexity index is 570. The molecule has 1 unspecified atom stereocenters. The van der Waals surface area contributed by atoms with Crippen LogP contribution >= 0.6 is 11.6 Å². The highest BCUT2D eigenvalue weighted by Gasteiger charge is 2.12. The Labute approximate surface area is 130 Å². The number of rotatable bonds is 7. The summed E-state index contributed by atoms with van der Waals surface area (Å²) in [6.07, 6.45) is 0. The van der Waals surface area contributed by atoms with Crippen LogP contribution in [-0.2, 0) is 6.54 Å². The van der Waals surface area contributed by atoms with Crippen molar-refractivity contribution in [2.75, 3.05) is 11.9 Å². The molecule has 0 spiro atoms. The van der Waals surface area contributed by atoms with Crippen molar-refractivity contribution in [3.05, 3.63) is 40.7 Å². The predicted octanol–water partition coefficient (Wildman–Crippen LogP) is 3.64. The first kappa shape index (κ1) is 15.8. The smallest absolute Gasteiger partial charge is 0.315 e. The number of hydrogen-bond acceptors (Lipinski definition) is 5. The normalized spacial score (nSPS) is 12.6. The predicted molar refractivity (Wildman–Crippen MR) is 84.3 cm³/mol. The molecule has 0 fully saturated rings. The van der Waals surface area contributed by atoms with Crippen LogP contribution < -0.4 is 10.6 Å². The van der Waals surface area contributed by atoms with Crippen molar-refractivity contribution in [3.8, 4) is 0 Å². The summed E-state index contributed by atoms with van der Waals surface area (Å²) in [5.74, 6) is 1.16. The molecule has 1 aromatic carbocycles. The third kappa shape index (κ3) is 4.72. The number of aromatic nitrogens is 2. The summed E-state index contributed by atoms with van der Waals surface area (Å²) in [7, 11) is 0. The molecule has 0 aliphatic heterocycles. The Kier molecular flexibility index (Phi) is 5.59. The number of anilines is 1. The fourth-order valence-electron chi connectivity index (χ4n) is 1.94.